The molecule has 1 saturated heterocycles. The summed E-state index contributed by atoms with van der Waals surface area (Å²) in [5, 5.41) is 7.30. The van der Waals surface area contributed by atoms with Crippen LogP contribution >= 0.6 is 0 Å². The first-order chi connectivity index (χ1) is 16.3. The van der Waals surface area contributed by atoms with E-state index < -0.39 is 6.04 Å². The Kier molecular flexibility index (Phi) is 7.17. The Morgan fingerprint density at radius 2 is 1.91 bits per heavy atom. The number of furan rings is 1. The number of hydrogen-bond donors (Lipinski definition) is 1. The number of rotatable bonds is 7. The highest BCUT2D eigenvalue weighted by molar-refractivity contribution is 5.89. The predicted octanol–water partition coefficient (Wildman–Crippen LogP) is 3.05. The Bertz CT molecular complexity index is 1100. The van der Waals surface area contributed by atoms with Crippen molar-refractivity contribution < 1.29 is 14.0 Å². The summed E-state index contributed by atoms with van der Waals surface area (Å²) >= 11 is 0. The van der Waals surface area contributed by atoms with Crippen molar-refractivity contribution in [2.75, 3.05) is 13.1 Å². The van der Waals surface area contributed by atoms with Crippen LogP contribution < -0.4 is 5.32 Å². The summed E-state index contributed by atoms with van der Waals surface area (Å²) in [6.07, 6.45) is 3.43. The van der Waals surface area contributed by atoms with Gasteiger partial charge in [-0.1, -0.05) is 38.1 Å². The van der Waals surface area contributed by atoms with Gasteiger partial charge in [0.2, 0.25) is 11.8 Å². The van der Waals surface area contributed by atoms with Gasteiger partial charge in [-0.25, -0.2) is 0 Å². The SMILES string of the molecule is CC(C)C(=O)N1C(C)CN(Cc2ccnn2C)CC1C(=O)NCc1ccc(-c2ccco2)cc1. The molecular formula is C26H33N5O3. The average molecular weight is 464 g/mol. The van der Waals surface area contributed by atoms with Crippen molar-refractivity contribution in [1.82, 2.24) is 24.9 Å². The third-order valence-corrected chi connectivity index (χ3v) is 6.35. The summed E-state index contributed by atoms with van der Waals surface area (Å²) < 4.78 is 7.28. The highest BCUT2D eigenvalue weighted by atomic mass is 16.3. The van der Waals surface area contributed by atoms with E-state index in [-0.39, 0.29) is 23.8 Å². The van der Waals surface area contributed by atoms with E-state index in [9.17, 15) is 9.59 Å². The summed E-state index contributed by atoms with van der Waals surface area (Å²) in [6.45, 7) is 8.05. The third-order valence-electron chi connectivity index (χ3n) is 6.35. The number of aromatic nitrogens is 2. The molecule has 180 valence electrons. The third kappa shape index (κ3) is 5.22. The number of nitrogens with zero attached hydrogens (tertiary/aromatic N) is 4. The van der Waals surface area contributed by atoms with Gasteiger partial charge in [-0.15, -0.1) is 0 Å². The number of carbonyl (C=O) groups excluding carboxylic acids is 2. The van der Waals surface area contributed by atoms with E-state index in [1.165, 1.54) is 0 Å². The van der Waals surface area contributed by atoms with Crippen LogP contribution in [0.4, 0.5) is 0 Å². The van der Waals surface area contributed by atoms with E-state index in [1.54, 1.807) is 17.4 Å². The van der Waals surface area contributed by atoms with Gasteiger partial charge in [0.15, 0.2) is 0 Å². The first-order valence-corrected chi connectivity index (χ1v) is 11.8. The molecule has 8 heteroatoms. The zero-order chi connectivity index (χ0) is 24.2. The summed E-state index contributed by atoms with van der Waals surface area (Å²) in [4.78, 5) is 30.4. The van der Waals surface area contributed by atoms with E-state index in [0.29, 0.717) is 26.2 Å². The minimum absolute atomic E-state index is 0.00985. The molecule has 1 N–H and O–H groups in total. The van der Waals surface area contributed by atoms with E-state index >= 15 is 0 Å². The highest BCUT2D eigenvalue weighted by Gasteiger charge is 2.40. The van der Waals surface area contributed by atoms with Crippen LogP contribution in [0.2, 0.25) is 0 Å². The minimum Gasteiger partial charge on any atom is -0.464 e. The van der Waals surface area contributed by atoms with Crippen LogP contribution in [0.5, 0.6) is 0 Å². The van der Waals surface area contributed by atoms with Gasteiger partial charge in [-0.2, -0.15) is 5.10 Å². The fraction of sp³-hybridized carbons (Fsp3) is 0.423. The Labute approximate surface area is 200 Å². The normalized spacial score (nSPS) is 18.9. The standard InChI is InChI=1S/C26H33N5O3/c1-18(2)26(33)31-19(3)15-30(16-22-11-12-28-29(22)4)17-23(31)25(32)27-14-20-7-9-21(10-8-20)24-6-5-13-34-24/h5-13,18-19,23H,14-17H2,1-4H3,(H,27,32). The highest BCUT2D eigenvalue weighted by Crippen LogP contribution is 2.22. The van der Waals surface area contributed by atoms with E-state index in [2.05, 4.69) is 15.3 Å². The van der Waals surface area contributed by atoms with Crippen LogP contribution in [0.1, 0.15) is 32.0 Å². The summed E-state index contributed by atoms with van der Waals surface area (Å²) in [6, 6.07) is 13.1. The van der Waals surface area contributed by atoms with Gasteiger partial charge in [0, 0.05) is 56.9 Å². The molecule has 0 saturated carbocycles. The first-order valence-electron chi connectivity index (χ1n) is 11.8. The number of piperazine rings is 1. The van der Waals surface area contributed by atoms with Crippen LogP contribution in [0.15, 0.2) is 59.3 Å². The van der Waals surface area contributed by atoms with Crippen molar-refractivity contribution in [2.24, 2.45) is 13.0 Å². The molecule has 0 spiro atoms. The van der Waals surface area contributed by atoms with Gasteiger partial charge in [-0.3, -0.25) is 19.2 Å². The van der Waals surface area contributed by atoms with Crippen LogP contribution in [0, 0.1) is 5.92 Å². The van der Waals surface area contributed by atoms with Crippen molar-refractivity contribution in [3.63, 3.8) is 0 Å². The maximum absolute atomic E-state index is 13.4. The second-order valence-electron chi connectivity index (χ2n) is 9.30. The molecule has 3 aromatic rings. The molecule has 2 amide bonds. The summed E-state index contributed by atoms with van der Waals surface area (Å²) in [5.41, 5.74) is 3.05. The fourth-order valence-electron chi connectivity index (χ4n) is 4.51. The predicted molar refractivity (Wildman–Crippen MR) is 129 cm³/mol. The average Bonchev–Trinajstić information content (AvgIpc) is 3.49. The van der Waals surface area contributed by atoms with Crippen molar-refractivity contribution in [1.29, 1.82) is 0 Å². The fourth-order valence-corrected chi connectivity index (χ4v) is 4.51. The minimum atomic E-state index is -0.547. The molecule has 0 radical (unpaired) electrons. The molecule has 2 aromatic heterocycles. The number of benzene rings is 1. The Hall–Kier alpha value is -3.39. The van der Waals surface area contributed by atoms with Gasteiger partial charge in [-0.05, 0) is 30.7 Å². The molecule has 2 unspecified atom stereocenters. The molecule has 0 aliphatic carbocycles. The Morgan fingerprint density at radius 1 is 1.15 bits per heavy atom. The molecule has 8 nitrogen and oxygen atoms in total. The number of hydrogen-bond acceptors (Lipinski definition) is 5. The van der Waals surface area contributed by atoms with Crippen LogP contribution in [0.3, 0.4) is 0 Å². The lowest BCUT2D eigenvalue weighted by Crippen LogP contribution is -2.64. The molecule has 1 fully saturated rings. The van der Waals surface area contributed by atoms with Crippen LogP contribution in [0.25, 0.3) is 11.3 Å². The molecule has 4 rings (SSSR count). The molecule has 1 aliphatic heterocycles. The van der Waals surface area contributed by atoms with Gasteiger partial charge in [0.25, 0.3) is 0 Å². The van der Waals surface area contributed by atoms with Gasteiger partial charge < -0.3 is 14.6 Å². The summed E-state index contributed by atoms with van der Waals surface area (Å²) in [7, 11) is 1.92. The molecule has 34 heavy (non-hydrogen) atoms. The number of amides is 2. The van der Waals surface area contributed by atoms with Crippen molar-refractivity contribution in [3.8, 4) is 11.3 Å². The lowest BCUT2D eigenvalue weighted by Gasteiger charge is -2.45. The van der Waals surface area contributed by atoms with Crippen molar-refractivity contribution in [3.05, 3.63) is 66.2 Å². The maximum atomic E-state index is 13.4. The quantitative estimate of drug-likeness (QED) is 0.582. The Morgan fingerprint density at radius 3 is 2.53 bits per heavy atom. The van der Waals surface area contributed by atoms with Crippen LogP contribution in [-0.4, -0.2) is 56.6 Å². The number of carbonyl (C=O) groups is 2. The van der Waals surface area contributed by atoms with Gasteiger partial charge in [0.05, 0.1) is 12.0 Å². The number of aryl methyl sites for hydroxylation is 1. The topological polar surface area (TPSA) is 83.6 Å². The lowest BCUT2D eigenvalue weighted by atomic mass is 10.0. The van der Waals surface area contributed by atoms with Crippen molar-refractivity contribution in [2.45, 2.75) is 45.9 Å². The molecule has 0 bridgehead atoms. The van der Waals surface area contributed by atoms with Gasteiger partial charge in [0.1, 0.15) is 11.8 Å². The lowest BCUT2D eigenvalue weighted by molar-refractivity contribution is -0.150. The molecular weight excluding hydrogens is 430 g/mol. The van der Waals surface area contributed by atoms with Gasteiger partial charge >= 0.3 is 0 Å². The molecule has 3 heterocycles. The van der Waals surface area contributed by atoms with Crippen molar-refractivity contribution >= 4 is 11.8 Å². The first kappa shape index (κ1) is 23.8. The second-order valence-corrected chi connectivity index (χ2v) is 9.30. The zero-order valence-electron chi connectivity index (χ0n) is 20.3. The van der Waals surface area contributed by atoms with Crippen LogP contribution in [-0.2, 0) is 29.7 Å². The molecule has 1 aromatic carbocycles. The molecule has 1 aliphatic rings. The molecule has 2 atom stereocenters. The zero-order valence-corrected chi connectivity index (χ0v) is 20.3. The summed E-state index contributed by atoms with van der Waals surface area (Å²) in [5.74, 6) is 0.514. The maximum Gasteiger partial charge on any atom is 0.244 e. The largest absolute Gasteiger partial charge is 0.464 e. The smallest absolute Gasteiger partial charge is 0.244 e. The Balaban J connectivity index is 1.46. The number of nitrogens with one attached hydrogen (secondary N) is 1. The van der Waals surface area contributed by atoms with E-state index in [4.69, 9.17) is 4.42 Å². The van der Waals surface area contributed by atoms with E-state index in [0.717, 1.165) is 22.6 Å². The second kappa shape index (κ2) is 10.3. The monoisotopic (exact) mass is 463 g/mol. The van der Waals surface area contributed by atoms with E-state index in [1.807, 2.05) is 75.0 Å².